The first-order valence-electron chi connectivity index (χ1n) is 5.58. The van der Waals surface area contributed by atoms with Crippen LogP contribution in [0.4, 0.5) is 0 Å². The Labute approximate surface area is 96.0 Å². The molecule has 1 aliphatic rings. The Morgan fingerprint density at radius 2 is 2.20 bits per heavy atom. The predicted octanol–water partition coefficient (Wildman–Crippen LogP) is 1.55. The normalized spacial score (nSPS) is 26.7. The fraction of sp³-hybridized carbons (Fsp3) is 0.909. The van der Waals surface area contributed by atoms with Crippen molar-refractivity contribution in [3.05, 3.63) is 0 Å². The Bertz CT molecular complexity index is 225. The second-order valence-electron chi connectivity index (χ2n) is 4.62. The van der Waals surface area contributed by atoms with Gasteiger partial charge in [0.25, 0.3) is 5.91 Å². The van der Waals surface area contributed by atoms with E-state index in [9.17, 15) is 9.90 Å². The molecule has 0 aromatic rings. The summed E-state index contributed by atoms with van der Waals surface area (Å²) in [5, 5.41) is 13.1. The van der Waals surface area contributed by atoms with Crippen LogP contribution in [0.2, 0.25) is 0 Å². The van der Waals surface area contributed by atoms with Crippen LogP contribution in [0.1, 0.15) is 40.0 Å². The lowest BCUT2D eigenvalue weighted by Crippen LogP contribution is -2.46. The SMILES string of the molecule is CCSC1CCC(NC(=O)C(C)(C)O)C1. The van der Waals surface area contributed by atoms with Gasteiger partial charge in [0.15, 0.2) is 0 Å². The van der Waals surface area contributed by atoms with E-state index in [4.69, 9.17) is 0 Å². The van der Waals surface area contributed by atoms with Crippen LogP contribution in [0.15, 0.2) is 0 Å². The number of aliphatic hydroxyl groups is 1. The summed E-state index contributed by atoms with van der Waals surface area (Å²) < 4.78 is 0. The fourth-order valence-corrected chi connectivity index (χ4v) is 2.96. The van der Waals surface area contributed by atoms with Gasteiger partial charge in [-0.2, -0.15) is 11.8 Å². The molecule has 4 heteroatoms. The lowest BCUT2D eigenvalue weighted by molar-refractivity contribution is -0.137. The largest absolute Gasteiger partial charge is 0.381 e. The van der Waals surface area contributed by atoms with E-state index in [0.717, 1.165) is 18.6 Å². The molecule has 0 aromatic heterocycles. The van der Waals surface area contributed by atoms with Crippen molar-refractivity contribution in [3.63, 3.8) is 0 Å². The van der Waals surface area contributed by atoms with Crippen molar-refractivity contribution in [1.29, 1.82) is 0 Å². The molecule has 0 spiro atoms. The van der Waals surface area contributed by atoms with Crippen molar-refractivity contribution >= 4 is 17.7 Å². The summed E-state index contributed by atoms with van der Waals surface area (Å²) in [4.78, 5) is 11.5. The molecule has 1 amide bonds. The molecular weight excluding hydrogens is 210 g/mol. The number of carbonyl (C=O) groups is 1. The molecule has 2 N–H and O–H groups in total. The maximum absolute atomic E-state index is 11.5. The predicted molar refractivity (Wildman–Crippen MR) is 64.0 cm³/mol. The lowest BCUT2D eigenvalue weighted by atomic mass is 10.1. The average molecular weight is 231 g/mol. The van der Waals surface area contributed by atoms with Crippen LogP contribution in [0, 0.1) is 0 Å². The van der Waals surface area contributed by atoms with E-state index in [1.807, 2.05) is 11.8 Å². The molecule has 2 unspecified atom stereocenters. The van der Waals surface area contributed by atoms with Crippen LogP contribution in [-0.4, -0.2) is 33.7 Å². The van der Waals surface area contributed by atoms with Crippen LogP contribution < -0.4 is 5.32 Å². The summed E-state index contributed by atoms with van der Waals surface area (Å²) in [5.41, 5.74) is -1.25. The zero-order chi connectivity index (χ0) is 11.5. The molecule has 88 valence electrons. The first kappa shape index (κ1) is 12.8. The molecule has 1 fully saturated rings. The zero-order valence-corrected chi connectivity index (χ0v) is 10.6. The van der Waals surface area contributed by atoms with Crippen molar-refractivity contribution in [1.82, 2.24) is 5.32 Å². The fourth-order valence-electron chi connectivity index (χ4n) is 1.82. The molecule has 1 saturated carbocycles. The Morgan fingerprint density at radius 3 is 2.73 bits per heavy atom. The van der Waals surface area contributed by atoms with Gasteiger partial charge in [0, 0.05) is 11.3 Å². The van der Waals surface area contributed by atoms with Crippen LogP contribution in [0.25, 0.3) is 0 Å². The number of hydrogen-bond donors (Lipinski definition) is 2. The summed E-state index contributed by atoms with van der Waals surface area (Å²) in [7, 11) is 0. The van der Waals surface area contributed by atoms with Crippen molar-refractivity contribution < 1.29 is 9.90 Å². The maximum Gasteiger partial charge on any atom is 0.251 e. The van der Waals surface area contributed by atoms with Gasteiger partial charge in [-0.1, -0.05) is 6.92 Å². The van der Waals surface area contributed by atoms with Gasteiger partial charge in [-0.3, -0.25) is 4.79 Å². The van der Waals surface area contributed by atoms with E-state index in [1.54, 1.807) is 0 Å². The first-order valence-corrected chi connectivity index (χ1v) is 6.63. The third-order valence-corrected chi connectivity index (χ3v) is 3.91. The molecule has 1 aliphatic carbocycles. The second kappa shape index (κ2) is 5.21. The van der Waals surface area contributed by atoms with E-state index in [-0.39, 0.29) is 11.9 Å². The van der Waals surface area contributed by atoms with Crippen LogP contribution >= 0.6 is 11.8 Å². The Morgan fingerprint density at radius 1 is 1.53 bits per heavy atom. The average Bonchev–Trinajstić information content (AvgIpc) is 2.51. The highest BCUT2D eigenvalue weighted by atomic mass is 32.2. The van der Waals surface area contributed by atoms with E-state index in [0.29, 0.717) is 5.25 Å². The molecule has 0 heterocycles. The first-order chi connectivity index (χ1) is 6.93. The van der Waals surface area contributed by atoms with Crippen molar-refractivity contribution in [3.8, 4) is 0 Å². The molecule has 0 aromatic carbocycles. The Kier molecular flexibility index (Phi) is 4.46. The summed E-state index contributed by atoms with van der Waals surface area (Å²) >= 11 is 1.96. The molecule has 0 aliphatic heterocycles. The summed E-state index contributed by atoms with van der Waals surface area (Å²) in [6.45, 7) is 5.21. The van der Waals surface area contributed by atoms with Gasteiger partial charge in [-0.25, -0.2) is 0 Å². The Hall–Kier alpha value is -0.220. The highest BCUT2D eigenvalue weighted by Gasteiger charge is 2.30. The Balaban J connectivity index is 2.33. The molecule has 15 heavy (non-hydrogen) atoms. The van der Waals surface area contributed by atoms with E-state index >= 15 is 0 Å². The van der Waals surface area contributed by atoms with Gasteiger partial charge >= 0.3 is 0 Å². The summed E-state index contributed by atoms with van der Waals surface area (Å²) in [6.07, 6.45) is 3.26. The third kappa shape index (κ3) is 4.03. The smallest absolute Gasteiger partial charge is 0.251 e. The molecule has 0 radical (unpaired) electrons. The van der Waals surface area contributed by atoms with Gasteiger partial charge in [-0.15, -0.1) is 0 Å². The minimum atomic E-state index is -1.25. The number of amides is 1. The molecule has 1 rings (SSSR count). The number of nitrogens with one attached hydrogen (secondary N) is 1. The van der Waals surface area contributed by atoms with Gasteiger partial charge in [-0.05, 0) is 38.9 Å². The lowest BCUT2D eigenvalue weighted by Gasteiger charge is -2.20. The third-order valence-electron chi connectivity index (χ3n) is 2.68. The summed E-state index contributed by atoms with van der Waals surface area (Å²) in [5.74, 6) is 0.881. The number of thioether (sulfide) groups is 1. The molecule has 2 atom stereocenters. The minimum Gasteiger partial charge on any atom is -0.381 e. The van der Waals surface area contributed by atoms with Gasteiger partial charge in [0.05, 0.1) is 0 Å². The van der Waals surface area contributed by atoms with Crippen molar-refractivity contribution in [2.45, 2.75) is 56.9 Å². The standard InChI is InChI=1S/C11H21NO2S/c1-4-15-9-6-5-8(7-9)12-10(13)11(2,3)14/h8-9,14H,4-7H2,1-3H3,(H,12,13). The molecule has 3 nitrogen and oxygen atoms in total. The quantitative estimate of drug-likeness (QED) is 0.772. The van der Waals surface area contributed by atoms with Gasteiger partial charge < -0.3 is 10.4 Å². The number of hydrogen-bond acceptors (Lipinski definition) is 3. The topological polar surface area (TPSA) is 49.3 Å². The molecular formula is C11H21NO2S. The van der Waals surface area contributed by atoms with Crippen LogP contribution in [-0.2, 0) is 4.79 Å². The van der Waals surface area contributed by atoms with E-state index < -0.39 is 5.60 Å². The molecule has 0 bridgehead atoms. The van der Waals surface area contributed by atoms with Crippen LogP contribution in [0.3, 0.4) is 0 Å². The van der Waals surface area contributed by atoms with Gasteiger partial charge in [0.2, 0.25) is 0 Å². The van der Waals surface area contributed by atoms with E-state index in [2.05, 4.69) is 12.2 Å². The highest BCUT2D eigenvalue weighted by molar-refractivity contribution is 7.99. The van der Waals surface area contributed by atoms with Crippen molar-refractivity contribution in [2.75, 3.05) is 5.75 Å². The van der Waals surface area contributed by atoms with E-state index in [1.165, 1.54) is 20.3 Å². The summed E-state index contributed by atoms with van der Waals surface area (Å²) in [6, 6.07) is 0.257. The van der Waals surface area contributed by atoms with Crippen LogP contribution in [0.5, 0.6) is 0 Å². The number of carbonyl (C=O) groups excluding carboxylic acids is 1. The monoisotopic (exact) mass is 231 g/mol. The molecule has 0 saturated heterocycles. The number of rotatable bonds is 4. The minimum absolute atomic E-state index is 0.255. The second-order valence-corrected chi connectivity index (χ2v) is 6.20. The van der Waals surface area contributed by atoms with Crippen molar-refractivity contribution in [2.24, 2.45) is 0 Å². The zero-order valence-electron chi connectivity index (χ0n) is 9.75. The highest BCUT2D eigenvalue weighted by Crippen LogP contribution is 2.29. The maximum atomic E-state index is 11.5. The van der Waals surface area contributed by atoms with Gasteiger partial charge in [0.1, 0.15) is 5.60 Å².